The number of amides is 1. The Kier molecular flexibility index (Phi) is 4.32. The Morgan fingerprint density at radius 3 is 2.76 bits per heavy atom. The summed E-state index contributed by atoms with van der Waals surface area (Å²) in [6.07, 6.45) is 0. The molecule has 0 aromatic carbocycles. The Morgan fingerprint density at radius 2 is 2.19 bits per heavy atom. The zero-order chi connectivity index (χ0) is 15.6. The monoisotopic (exact) mass is 309 g/mol. The Labute approximate surface area is 125 Å². The van der Waals surface area contributed by atoms with Crippen LogP contribution in [-0.4, -0.2) is 36.0 Å². The largest absolute Gasteiger partial charge is 0.495 e. The van der Waals surface area contributed by atoms with E-state index in [9.17, 15) is 9.59 Å². The molecule has 2 heterocycles. The Bertz CT molecular complexity index is 673. The molecule has 2 aromatic rings. The maximum Gasteiger partial charge on any atom is 0.339 e. The quantitative estimate of drug-likeness (QED) is 0.918. The third kappa shape index (κ3) is 3.08. The van der Waals surface area contributed by atoms with Gasteiger partial charge in [0, 0.05) is 7.05 Å². The van der Waals surface area contributed by atoms with Gasteiger partial charge in [0.15, 0.2) is 0 Å². The predicted octanol–water partition coefficient (Wildman–Crippen LogP) is 2.63. The van der Waals surface area contributed by atoms with Crippen LogP contribution in [0.5, 0.6) is 5.75 Å². The molecule has 2 aromatic heterocycles. The number of carbonyl (C=O) groups is 2. The SMILES string of the molecule is COc1ccsc1C(=O)N(C)Cc1cc(C(=O)O)c(C)o1. The van der Waals surface area contributed by atoms with Gasteiger partial charge in [0.25, 0.3) is 5.91 Å². The molecule has 0 aliphatic heterocycles. The van der Waals surface area contributed by atoms with Crippen molar-refractivity contribution in [2.45, 2.75) is 13.5 Å². The third-order valence-corrected chi connectivity index (χ3v) is 3.87. The van der Waals surface area contributed by atoms with Gasteiger partial charge in [-0.15, -0.1) is 11.3 Å². The highest BCUT2D eigenvalue weighted by Crippen LogP contribution is 2.26. The minimum atomic E-state index is -1.04. The van der Waals surface area contributed by atoms with Crippen LogP contribution in [-0.2, 0) is 6.54 Å². The molecule has 112 valence electrons. The highest BCUT2D eigenvalue weighted by Gasteiger charge is 2.21. The molecule has 6 nitrogen and oxygen atoms in total. The average molecular weight is 309 g/mol. The van der Waals surface area contributed by atoms with Gasteiger partial charge in [-0.05, 0) is 24.4 Å². The Balaban J connectivity index is 2.14. The average Bonchev–Trinajstić information content (AvgIpc) is 3.03. The molecule has 0 spiro atoms. The van der Waals surface area contributed by atoms with Crippen LogP contribution in [0, 0.1) is 6.92 Å². The molecule has 7 heteroatoms. The molecule has 0 radical (unpaired) electrons. The number of furan rings is 1. The molecule has 1 amide bonds. The molecular formula is C14H15NO5S. The number of thiophene rings is 1. The van der Waals surface area contributed by atoms with Crippen molar-refractivity contribution in [1.82, 2.24) is 4.90 Å². The maximum atomic E-state index is 12.3. The zero-order valence-corrected chi connectivity index (χ0v) is 12.7. The van der Waals surface area contributed by atoms with Crippen molar-refractivity contribution in [3.8, 4) is 5.75 Å². The molecule has 0 fully saturated rings. The van der Waals surface area contributed by atoms with Crippen molar-refractivity contribution in [3.05, 3.63) is 39.5 Å². The van der Waals surface area contributed by atoms with Gasteiger partial charge in [0.1, 0.15) is 27.7 Å². The molecule has 21 heavy (non-hydrogen) atoms. The van der Waals surface area contributed by atoms with Gasteiger partial charge in [-0.2, -0.15) is 0 Å². The van der Waals surface area contributed by atoms with Crippen molar-refractivity contribution < 1.29 is 23.8 Å². The van der Waals surface area contributed by atoms with E-state index in [2.05, 4.69) is 0 Å². The molecule has 0 saturated carbocycles. The Hall–Kier alpha value is -2.28. The smallest absolute Gasteiger partial charge is 0.339 e. The molecular weight excluding hydrogens is 294 g/mol. The molecule has 0 aliphatic carbocycles. The number of carboxylic acids is 1. The van der Waals surface area contributed by atoms with Crippen LogP contribution in [0.2, 0.25) is 0 Å². The number of hydrogen-bond donors (Lipinski definition) is 1. The second kappa shape index (κ2) is 6.01. The first-order chi connectivity index (χ1) is 9.93. The number of methoxy groups -OCH3 is 1. The van der Waals surface area contributed by atoms with E-state index >= 15 is 0 Å². The fourth-order valence-electron chi connectivity index (χ4n) is 1.93. The van der Waals surface area contributed by atoms with E-state index in [1.165, 1.54) is 29.4 Å². The minimum absolute atomic E-state index is 0.111. The van der Waals surface area contributed by atoms with Crippen LogP contribution in [0.15, 0.2) is 21.9 Å². The van der Waals surface area contributed by atoms with Crippen molar-refractivity contribution >= 4 is 23.2 Å². The van der Waals surface area contributed by atoms with Gasteiger partial charge >= 0.3 is 5.97 Å². The van der Waals surface area contributed by atoms with Gasteiger partial charge in [0.2, 0.25) is 0 Å². The number of carbonyl (C=O) groups excluding carboxylic acids is 1. The summed E-state index contributed by atoms with van der Waals surface area (Å²) >= 11 is 1.29. The van der Waals surface area contributed by atoms with Crippen molar-refractivity contribution in [2.24, 2.45) is 0 Å². The van der Waals surface area contributed by atoms with E-state index < -0.39 is 5.97 Å². The number of carboxylic acid groups (broad SMARTS) is 1. The summed E-state index contributed by atoms with van der Waals surface area (Å²) in [5.41, 5.74) is 0.111. The molecule has 0 bridgehead atoms. The predicted molar refractivity (Wildman–Crippen MR) is 77.1 cm³/mol. The third-order valence-electron chi connectivity index (χ3n) is 2.98. The summed E-state index contributed by atoms with van der Waals surface area (Å²) in [7, 11) is 3.13. The molecule has 0 atom stereocenters. The van der Waals surface area contributed by atoms with Gasteiger partial charge in [0.05, 0.1) is 13.7 Å². The zero-order valence-electron chi connectivity index (χ0n) is 11.9. The van der Waals surface area contributed by atoms with Crippen molar-refractivity contribution in [3.63, 3.8) is 0 Å². The second-order valence-electron chi connectivity index (χ2n) is 4.47. The second-order valence-corrected chi connectivity index (χ2v) is 5.38. The highest BCUT2D eigenvalue weighted by molar-refractivity contribution is 7.12. The van der Waals surface area contributed by atoms with E-state index in [1.54, 1.807) is 25.4 Å². The van der Waals surface area contributed by atoms with E-state index in [0.717, 1.165) is 0 Å². The van der Waals surface area contributed by atoms with Gasteiger partial charge in [-0.3, -0.25) is 4.79 Å². The summed E-state index contributed by atoms with van der Waals surface area (Å²) in [5.74, 6) is 0.0335. The number of rotatable bonds is 5. The van der Waals surface area contributed by atoms with E-state index in [1.807, 2.05) is 0 Å². The number of nitrogens with zero attached hydrogens (tertiary/aromatic N) is 1. The number of ether oxygens (including phenoxy) is 1. The fraction of sp³-hybridized carbons (Fsp3) is 0.286. The lowest BCUT2D eigenvalue weighted by Gasteiger charge is -2.15. The first-order valence-electron chi connectivity index (χ1n) is 6.13. The lowest BCUT2D eigenvalue weighted by atomic mass is 10.2. The Morgan fingerprint density at radius 1 is 1.48 bits per heavy atom. The van der Waals surface area contributed by atoms with Crippen molar-refractivity contribution in [2.75, 3.05) is 14.2 Å². The molecule has 0 unspecified atom stereocenters. The van der Waals surface area contributed by atoms with Crippen LogP contribution in [0.3, 0.4) is 0 Å². The van der Waals surface area contributed by atoms with Crippen LogP contribution in [0.1, 0.15) is 31.6 Å². The summed E-state index contributed by atoms with van der Waals surface area (Å²) in [6.45, 7) is 1.77. The van der Waals surface area contributed by atoms with E-state index in [4.69, 9.17) is 14.3 Å². The molecule has 2 rings (SSSR count). The van der Waals surface area contributed by atoms with E-state index in [-0.39, 0.29) is 18.0 Å². The molecule has 0 saturated heterocycles. The van der Waals surface area contributed by atoms with E-state index in [0.29, 0.717) is 22.1 Å². The number of hydrogen-bond acceptors (Lipinski definition) is 5. The highest BCUT2D eigenvalue weighted by atomic mass is 32.1. The van der Waals surface area contributed by atoms with Crippen LogP contribution >= 0.6 is 11.3 Å². The number of aromatic carboxylic acids is 1. The van der Waals surface area contributed by atoms with Gasteiger partial charge < -0.3 is 19.2 Å². The minimum Gasteiger partial charge on any atom is -0.495 e. The van der Waals surface area contributed by atoms with Crippen LogP contribution in [0.4, 0.5) is 0 Å². The summed E-state index contributed by atoms with van der Waals surface area (Å²) in [6, 6.07) is 3.17. The summed E-state index contributed by atoms with van der Waals surface area (Å²) < 4.78 is 10.5. The summed E-state index contributed by atoms with van der Waals surface area (Å²) in [5, 5.41) is 10.8. The first kappa shape index (κ1) is 15.1. The van der Waals surface area contributed by atoms with Crippen LogP contribution in [0.25, 0.3) is 0 Å². The van der Waals surface area contributed by atoms with Gasteiger partial charge in [-0.1, -0.05) is 0 Å². The fourth-order valence-corrected chi connectivity index (χ4v) is 2.78. The standard InChI is InChI=1S/C14H15NO5S/c1-8-10(14(17)18)6-9(20-8)7-15(2)13(16)12-11(19-3)4-5-21-12/h4-6H,7H2,1-3H3,(H,17,18). The number of aryl methyl sites for hydroxylation is 1. The topological polar surface area (TPSA) is 80.0 Å². The normalized spacial score (nSPS) is 10.4. The van der Waals surface area contributed by atoms with Crippen molar-refractivity contribution in [1.29, 1.82) is 0 Å². The van der Waals surface area contributed by atoms with Crippen LogP contribution < -0.4 is 4.74 Å². The lowest BCUT2D eigenvalue weighted by molar-refractivity contribution is 0.0694. The molecule has 1 N–H and O–H groups in total. The lowest BCUT2D eigenvalue weighted by Crippen LogP contribution is -2.25. The van der Waals surface area contributed by atoms with Gasteiger partial charge in [-0.25, -0.2) is 4.79 Å². The molecule has 0 aliphatic rings. The first-order valence-corrected chi connectivity index (χ1v) is 7.01. The summed E-state index contributed by atoms with van der Waals surface area (Å²) in [4.78, 5) is 25.2. The maximum absolute atomic E-state index is 12.3.